The lowest BCUT2D eigenvalue weighted by Crippen LogP contribution is -2.50. The Labute approximate surface area is 255 Å². The molecule has 0 aromatic carbocycles. The normalized spacial score (nSPS) is 16.5. The summed E-state index contributed by atoms with van der Waals surface area (Å²) in [6.45, 7) is 4.70. The monoisotopic (exact) mass is 605 g/mol. The Hall–Kier alpha value is -0.810. The standard InChI is InChI=1S/C29H68N10O3/c30-14-5-1-10-24(35)27(40)23(13-20-39(22-18-34)29(42)26(37)12-3-7-16-32)9-4-8-19-38(21-17-33)28(41)25(36)11-2-6-15-31/h23-26,28-29,41-42H,1-22,30-37H2. The first-order valence-corrected chi connectivity index (χ1v) is 16.3. The first kappa shape index (κ1) is 41.2. The topological polar surface area (TPSA) is 272 Å². The van der Waals surface area contributed by atoms with Crippen molar-refractivity contribution in [2.75, 3.05) is 58.9 Å². The highest BCUT2D eigenvalue weighted by atomic mass is 16.3. The molecule has 0 saturated heterocycles. The molecule has 6 atom stereocenters. The predicted molar refractivity (Wildman–Crippen MR) is 173 cm³/mol. The maximum atomic E-state index is 13.4. The van der Waals surface area contributed by atoms with Crippen LogP contribution in [0.3, 0.4) is 0 Å². The Bertz CT molecular complexity index is 636. The van der Waals surface area contributed by atoms with E-state index in [1.807, 2.05) is 9.80 Å². The third kappa shape index (κ3) is 18.1. The number of nitrogens with two attached hydrogens (primary N) is 8. The molecule has 0 bridgehead atoms. The highest BCUT2D eigenvalue weighted by molar-refractivity contribution is 5.86. The van der Waals surface area contributed by atoms with Gasteiger partial charge >= 0.3 is 0 Å². The van der Waals surface area contributed by atoms with Crippen molar-refractivity contribution >= 4 is 5.78 Å². The van der Waals surface area contributed by atoms with Gasteiger partial charge in [0.1, 0.15) is 12.5 Å². The molecule has 0 aromatic heterocycles. The van der Waals surface area contributed by atoms with E-state index in [9.17, 15) is 15.0 Å². The molecule has 0 rings (SSSR count). The number of carbonyl (C=O) groups is 1. The Kier molecular flexibility index (Phi) is 26.1. The van der Waals surface area contributed by atoms with E-state index in [1.165, 1.54) is 0 Å². The minimum absolute atomic E-state index is 0.0437. The SMILES string of the molecule is NCCCCC(N)C(=O)C(CCCCN(CCN)C(O)C(N)CCCCN)CCN(CCN)C(O)C(N)CCCCN. The third-order valence-corrected chi connectivity index (χ3v) is 8.08. The lowest BCUT2D eigenvalue weighted by molar-refractivity contribution is -0.125. The van der Waals surface area contributed by atoms with E-state index in [-0.39, 0.29) is 17.7 Å². The molecule has 0 aromatic rings. The first-order valence-electron chi connectivity index (χ1n) is 16.3. The largest absolute Gasteiger partial charge is 0.377 e. The Balaban J connectivity index is 5.28. The van der Waals surface area contributed by atoms with Crippen LogP contribution in [-0.2, 0) is 4.79 Å². The molecule has 0 aliphatic heterocycles. The number of aliphatic hydroxyl groups excluding tert-OH is 2. The molecule has 13 nitrogen and oxygen atoms in total. The Morgan fingerprint density at radius 1 is 0.500 bits per heavy atom. The van der Waals surface area contributed by atoms with Gasteiger partial charge in [0.25, 0.3) is 0 Å². The summed E-state index contributed by atoms with van der Waals surface area (Å²) in [5.41, 5.74) is 47.3. The molecule has 252 valence electrons. The van der Waals surface area contributed by atoms with Gasteiger partial charge in [-0.1, -0.05) is 25.7 Å². The highest BCUT2D eigenvalue weighted by Crippen LogP contribution is 2.20. The van der Waals surface area contributed by atoms with Crippen LogP contribution in [-0.4, -0.2) is 115 Å². The fourth-order valence-corrected chi connectivity index (χ4v) is 5.38. The van der Waals surface area contributed by atoms with Crippen molar-refractivity contribution in [1.82, 2.24) is 9.80 Å². The van der Waals surface area contributed by atoms with E-state index in [2.05, 4.69) is 0 Å². The fourth-order valence-electron chi connectivity index (χ4n) is 5.38. The first-order chi connectivity index (χ1) is 20.2. The number of nitrogens with zero attached hydrogens (tertiary/aromatic N) is 2. The smallest absolute Gasteiger partial charge is 0.152 e. The van der Waals surface area contributed by atoms with E-state index >= 15 is 0 Å². The lowest BCUT2D eigenvalue weighted by atomic mass is 9.88. The second-order valence-corrected chi connectivity index (χ2v) is 11.6. The van der Waals surface area contributed by atoms with Crippen molar-refractivity contribution in [3.63, 3.8) is 0 Å². The summed E-state index contributed by atoms with van der Waals surface area (Å²) in [4.78, 5) is 17.2. The second-order valence-electron chi connectivity index (χ2n) is 11.6. The number of Topliss-reactive ketones (excluding diaryl/α,β-unsaturated/α-hetero) is 1. The van der Waals surface area contributed by atoms with Crippen LogP contribution in [0.1, 0.15) is 83.5 Å². The van der Waals surface area contributed by atoms with Crippen LogP contribution in [0.4, 0.5) is 0 Å². The number of carbonyl (C=O) groups excluding carboxylic acids is 1. The second kappa shape index (κ2) is 26.6. The molecule has 0 fully saturated rings. The van der Waals surface area contributed by atoms with Crippen molar-refractivity contribution in [2.45, 2.75) is 114 Å². The summed E-state index contributed by atoms with van der Waals surface area (Å²) in [6.07, 6.45) is 8.19. The van der Waals surface area contributed by atoms with E-state index in [4.69, 9.17) is 45.9 Å². The lowest BCUT2D eigenvalue weighted by Gasteiger charge is -2.33. The number of ketones is 1. The van der Waals surface area contributed by atoms with Gasteiger partial charge in [0.2, 0.25) is 0 Å². The summed E-state index contributed by atoms with van der Waals surface area (Å²) < 4.78 is 0. The number of hydrogen-bond donors (Lipinski definition) is 10. The zero-order valence-corrected chi connectivity index (χ0v) is 26.3. The van der Waals surface area contributed by atoms with Crippen LogP contribution in [0.15, 0.2) is 0 Å². The minimum atomic E-state index is -0.847. The molecule has 13 heteroatoms. The number of rotatable bonds is 30. The van der Waals surface area contributed by atoms with Crippen LogP contribution in [0, 0.1) is 5.92 Å². The summed E-state index contributed by atoms with van der Waals surface area (Å²) >= 11 is 0. The predicted octanol–water partition coefficient (Wildman–Crippen LogP) is -1.74. The van der Waals surface area contributed by atoms with Crippen molar-refractivity contribution in [3.05, 3.63) is 0 Å². The maximum Gasteiger partial charge on any atom is 0.152 e. The Morgan fingerprint density at radius 3 is 1.38 bits per heavy atom. The number of aliphatic hydroxyl groups is 2. The summed E-state index contributed by atoms with van der Waals surface area (Å²) in [7, 11) is 0. The third-order valence-electron chi connectivity index (χ3n) is 8.08. The van der Waals surface area contributed by atoms with Gasteiger partial charge in [-0.2, -0.15) is 0 Å². The van der Waals surface area contributed by atoms with Crippen molar-refractivity contribution in [1.29, 1.82) is 0 Å². The van der Waals surface area contributed by atoms with Gasteiger partial charge in [-0.05, 0) is 77.4 Å². The molecule has 0 saturated carbocycles. The van der Waals surface area contributed by atoms with Crippen molar-refractivity contribution in [2.24, 2.45) is 51.8 Å². The average molecular weight is 605 g/mol. The molecule has 18 N–H and O–H groups in total. The molecule has 0 spiro atoms. The van der Waals surface area contributed by atoms with Gasteiger partial charge in [-0.3, -0.25) is 14.6 Å². The molecule has 0 amide bonds. The minimum Gasteiger partial charge on any atom is -0.377 e. The van der Waals surface area contributed by atoms with Crippen LogP contribution in [0.25, 0.3) is 0 Å². The van der Waals surface area contributed by atoms with Crippen LogP contribution >= 0.6 is 0 Å². The van der Waals surface area contributed by atoms with Gasteiger partial charge < -0.3 is 56.1 Å². The quantitative estimate of drug-likeness (QED) is 0.0322. The summed E-state index contributed by atoms with van der Waals surface area (Å²) in [5, 5.41) is 21.8. The van der Waals surface area contributed by atoms with E-state index < -0.39 is 24.5 Å². The van der Waals surface area contributed by atoms with E-state index in [1.54, 1.807) is 0 Å². The molecular formula is C29H68N10O3. The maximum absolute atomic E-state index is 13.4. The molecule has 6 unspecified atom stereocenters. The van der Waals surface area contributed by atoms with Crippen LogP contribution in [0.2, 0.25) is 0 Å². The zero-order valence-electron chi connectivity index (χ0n) is 26.3. The zero-order chi connectivity index (χ0) is 31.8. The van der Waals surface area contributed by atoms with Crippen LogP contribution < -0.4 is 45.9 Å². The van der Waals surface area contributed by atoms with E-state index in [0.717, 1.165) is 51.4 Å². The molecule has 0 heterocycles. The van der Waals surface area contributed by atoms with Gasteiger partial charge in [0.05, 0.1) is 6.04 Å². The molecule has 0 aliphatic carbocycles. The van der Waals surface area contributed by atoms with Gasteiger partial charge in [0, 0.05) is 57.3 Å². The molecule has 42 heavy (non-hydrogen) atoms. The number of unbranched alkanes of at least 4 members (excludes halogenated alkanes) is 4. The van der Waals surface area contributed by atoms with E-state index in [0.29, 0.717) is 91.0 Å². The van der Waals surface area contributed by atoms with Crippen molar-refractivity contribution < 1.29 is 15.0 Å². The Morgan fingerprint density at radius 2 is 0.929 bits per heavy atom. The molecule has 0 aliphatic rings. The summed E-state index contributed by atoms with van der Waals surface area (Å²) in [6, 6.07) is -1.34. The highest BCUT2D eigenvalue weighted by Gasteiger charge is 2.28. The molecule has 0 radical (unpaired) electrons. The van der Waals surface area contributed by atoms with Gasteiger partial charge in [0.15, 0.2) is 5.78 Å². The van der Waals surface area contributed by atoms with Crippen molar-refractivity contribution in [3.8, 4) is 0 Å². The van der Waals surface area contributed by atoms with Gasteiger partial charge in [-0.25, -0.2) is 0 Å². The number of hydrogen-bond acceptors (Lipinski definition) is 13. The summed E-state index contributed by atoms with van der Waals surface area (Å²) in [5.74, 6) is -0.215. The van der Waals surface area contributed by atoms with Gasteiger partial charge in [-0.15, -0.1) is 0 Å². The molecular weight excluding hydrogens is 536 g/mol. The average Bonchev–Trinajstić information content (AvgIpc) is 2.98. The van der Waals surface area contributed by atoms with Crippen LogP contribution in [0.5, 0.6) is 0 Å². The fraction of sp³-hybridized carbons (Fsp3) is 0.966.